The summed E-state index contributed by atoms with van der Waals surface area (Å²) in [5, 5.41) is 9.70. The van der Waals surface area contributed by atoms with Crippen LogP contribution in [0, 0.1) is 5.41 Å². The number of likely N-dealkylation sites (tertiary alicyclic amines) is 1. The summed E-state index contributed by atoms with van der Waals surface area (Å²) in [5.41, 5.74) is -1.26. The second kappa shape index (κ2) is 7.21. The van der Waals surface area contributed by atoms with Crippen molar-refractivity contribution in [2.45, 2.75) is 63.3 Å². The number of piperidine rings is 1. The van der Waals surface area contributed by atoms with E-state index in [1.807, 2.05) is 9.80 Å². The third kappa shape index (κ3) is 3.58. The van der Waals surface area contributed by atoms with Crippen LogP contribution in [0.1, 0.15) is 50.6 Å². The van der Waals surface area contributed by atoms with Gasteiger partial charge in [0.2, 0.25) is 5.91 Å². The van der Waals surface area contributed by atoms with E-state index in [1.54, 1.807) is 6.07 Å². The quantitative estimate of drug-likeness (QED) is 0.833. The normalized spacial score (nSPS) is 28.2. The molecule has 5 nitrogen and oxygen atoms in total. The molecular weight excluding hydrogens is 371 g/mol. The fourth-order valence-corrected chi connectivity index (χ4v) is 4.95. The van der Waals surface area contributed by atoms with Crippen molar-refractivity contribution in [1.29, 1.82) is 0 Å². The van der Waals surface area contributed by atoms with Gasteiger partial charge >= 0.3 is 6.18 Å². The highest BCUT2D eigenvalue weighted by atomic mass is 19.4. The second-order valence-electron chi connectivity index (χ2n) is 8.36. The number of nitrogens with zero attached hydrogens (tertiary/aromatic N) is 3. The SMILES string of the molecule is O=C1N([C@H]2CC[C@H](O)CC2)CCC12CCN(c1cccc(C(F)(F)F)n1)CC2. The number of halogens is 3. The molecule has 1 saturated carbocycles. The Hall–Kier alpha value is -1.83. The highest BCUT2D eigenvalue weighted by Crippen LogP contribution is 2.44. The summed E-state index contributed by atoms with van der Waals surface area (Å²) >= 11 is 0. The predicted molar refractivity (Wildman–Crippen MR) is 97.7 cm³/mol. The number of rotatable bonds is 2. The first-order valence-electron chi connectivity index (χ1n) is 10.1. The van der Waals surface area contributed by atoms with Crippen LogP contribution in [-0.4, -0.2) is 52.7 Å². The zero-order chi connectivity index (χ0) is 19.9. The molecule has 28 heavy (non-hydrogen) atoms. The average Bonchev–Trinajstić information content (AvgIpc) is 2.99. The number of anilines is 1. The molecule has 0 unspecified atom stereocenters. The van der Waals surface area contributed by atoms with E-state index in [-0.39, 0.29) is 23.5 Å². The van der Waals surface area contributed by atoms with Crippen LogP contribution < -0.4 is 4.90 Å². The van der Waals surface area contributed by atoms with Crippen molar-refractivity contribution >= 4 is 11.7 Å². The number of carbonyl (C=O) groups is 1. The molecule has 1 spiro atoms. The molecule has 4 rings (SSSR count). The summed E-state index contributed by atoms with van der Waals surface area (Å²) in [6.45, 7) is 1.83. The summed E-state index contributed by atoms with van der Waals surface area (Å²) in [5.74, 6) is 0.527. The van der Waals surface area contributed by atoms with Gasteiger partial charge in [-0.1, -0.05) is 6.07 Å². The Morgan fingerprint density at radius 1 is 1.04 bits per heavy atom. The molecule has 0 aromatic carbocycles. The maximum atomic E-state index is 13.2. The van der Waals surface area contributed by atoms with Gasteiger partial charge in [0.1, 0.15) is 11.5 Å². The van der Waals surface area contributed by atoms with Gasteiger partial charge in [0, 0.05) is 25.7 Å². The molecule has 0 bridgehead atoms. The fraction of sp³-hybridized carbons (Fsp3) is 0.700. The van der Waals surface area contributed by atoms with Crippen LogP contribution in [0.25, 0.3) is 0 Å². The van der Waals surface area contributed by atoms with Gasteiger partial charge in [0.05, 0.1) is 11.5 Å². The zero-order valence-corrected chi connectivity index (χ0v) is 15.8. The average molecular weight is 397 g/mol. The van der Waals surface area contributed by atoms with Crippen molar-refractivity contribution in [3.8, 4) is 0 Å². The van der Waals surface area contributed by atoms with Crippen LogP contribution in [-0.2, 0) is 11.0 Å². The van der Waals surface area contributed by atoms with Crippen molar-refractivity contribution in [2.75, 3.05) is 24.5 Å². The van der Waals surface area contributed by atoms with E-state index >= 15 is 0 Å². The zero-order valence-electron chi connectivity index (χ0n) is 15.8. The minimum Gasteiger partial charge on any atom is -0.393 e. The van der Waals surface area contributed by atoms with Crippen LogP contribution in [0.4, 0.5) is 19.0 Å². The van der Waals surface area contributed by atoms with E-state index in [9.17, 15) is 23.1 Å². The number of aromatic nitrogens is 1. The standard InChI is InChI=1S/C20H26F3N3O2/c21-20(22,23)16-2-1-3-17(24-16)25-11-8-19(9-12-25)10-13-26(18(19)28)14-4-6-15(27)7-5-14/h1-3,14-15,27H,4-13H2/t14-,15-. The summed E-state index contributed by atoms with van der Waals surface area (Å²) in [7, 11) is 0. The summed E-state index contributed by atoms with van der Waals surface area (Å²) in [6.07, 6.45) is 0.605. The smallest absolute Gasteiger partial charge is 0.393 e. The number of carbonyl (C=O) groups excluding carboxylic acids is 1. The summed E-state index contributed by atoms with van der Waals surface area (Å²) in [6, 6.07) is 4.19. The van der Waals surface area contributed by atoms with Crippen LogP contribution in [0.3, 0.4) is 0 Å². The van der Waals surface area contributed by atoms with E-state index in [1.165, 1.54) is 6.07 Å². The van der Waals surface area contributed by atoms with Crippen molar-refractivity contribution in [3.05, 3.63) is 23.9 Å². The lowest BCUT2D eigenvalue weighted by Crippen LogP contribution is -2.47. The van der Waals surface area contributed by atoms with Gasteiger partial charge in [-0.3, -0.25) is 4.79 Å². The molecule has 1 aromatic heterocycles. The third-order valence-corrected chi connectivity index (χ3v) is 6.72. The molecular formula is C20H26F3N3O2. The highest BCUT2D eigenvalue weighted by molar-refractivity contribution is 5.85. The number of aliphatic hydroxyl groups excluding tert-OH is 1. The van der Waals surface area contributed by atoms with Crippen molar-refractivity contribution in [2.24, 2.45) is 5.41 Å². The molecule has 1 aliphatic carbocycles. The number of hydrogen-bond donors (Lipinski definition) is 1. The monoisotopic (exact) mass is 397 g/mol. The molecule has 0 atom stereocenters. The first kappa shape index (κ1) is 19.5. The Morgan fingerprint density at radius 3 is 2.32 bits per heavy atom. The third-order valence-electron chi connectivity index (χ3n) is 6.72. The first-order valence-corrected chi connectivity index (χ1v) is 10.1. The van der Waals surface area contributed by atoms with Gasteiger partial charge < -0.3 is 14.9 Å². The lowest BCUT2D eigenvalue weighted by molar-refractivity contribution is -0.141. The number of hydrogen-bond acceptors (Lipinski definition) is 4. The van der Waals surface area contributed by atoms with Crippen LogP contribution in [0.15, 0.2) is 18.2 Å². The maximum absolute atomic E-state index is 13.2. The summed E-state index contributed by atoms with van der Waals surface area (Å²) in [4.78, 5) is 20.8. The van der Waals surface area contributed by atoms with Crippen LogP contribution in [0.2, 0.25) is 0 Å². The van der Waals surface area contributed by atoms with Crippen LogP contribution in [0.5, 0.6) is 0 Å². The molecule has 3 aliphatic rings. The lowest BCUT2D eigenvalue weighted by Gasteiger charge is -2.40. The number of pyridine rings is 1. The minimum absolute atomic E-state index is 0.200. The molecule has 1 aromatic rings. The first-order chi connectivity index (χ1) is 13.3. The minimum atomic E-state index is -4.46. The van der Waals surface area contributed by atoms with Crippen LogP contribution >= 0.6 is 0 Å². The number of aliphatic hydroxyl groups is 1. The predicted octanol–water partition coefficient (Wildman–Crippen LogP) is 3.22. The topological polar surface area (TPSA) is 56.7 Å². The van der Waals surface area contributed by atoms with E-state index in [4.69, 9.17) is 0 Å². The lowest BCUT2D eigenvalue weighted by atomic mass is 9.77. The second-order valence-corrected chi connectivity index (χ2v) is 8.36. The van der Waals surface area contributed by atoms with E-state index in [2.05, 4.69) is 4.98 Å². The number of alkyl halides is 3. The Morgan fingerprint density at radius 2 is 1.68 bits per heavy atom. The van der Waals surface area contributed by atoms with Gasteiger partial charge in [-0.2, -0.15) is 13.2 Å². The highest BCUT2D eigenvalue weighted by Gasteiger charge is 2.50. The maximum Gasteiger partial charge on any atom is 0.433 e. The molecule has 1 N–H and O–H groups in total. The van der Waals surface area contributed by atoms with E-state index in [0.717, 1.165) is 44.7 Å². The van der Waals surface area contributed by atoms with E-state index in [0.29, 0.717) is 31.7 Å². The molecule has 3 fully saturated rings. The van der Waals surface area contributed by atoms with Gasteiger partial charge in [-0.25, -0.2) is 4.98 Å². The number of amides is 1. The van der Waals surface area contributed by atoms with Crippen molar-refractivity contribution in [3.63, 3.8) is 0 Å². The van der Waals surface area contributed by atoms with Gasteiger partial charge in [-0.15, -0.1) is 0 Å². The van der Waals surface area contributed by atoms with Crippen molar-refractivity contribution in [1.82, 2.24) is 9.88 Å². The largest absolute Gasteiger partial charge is 0.433 e. The molecule has 154 valence electrons. The Bertz CT molecular complexity index is 724. The Kier molecular flexibility index (Phi) is 5.02. The molecule has 8 heteroatoms. The molecule has 3 heterocycles. The summed E-state index contributed by atoms with van der Waals surface area (Å²) < 4.78 is 38.8. The van der Waals surface area contributed by atoms with Gasteiger partial charge in [0.15, 0.2) is 0 Å². The van der Waals surface area contributed by atoms with Gasteiger partial charge in [0.25, 0.3) is 0 Å². The molecule has 2 saturated heterocycles. The van der Waals surface area contributed by atoms with E-state index < -0.39 is 11.9 Å². The van der Waals surface area contributed by atoms with Gasteiger partial charge in [-0.05, 0) is 57.1 Å². The van der Waals surface area contributed by atoms with Crippen molar-refractivity contribution < 1.29 is 23.1 Å². The Labute approximate surface area is 162 Å². The fourth-order valence-electron chi connectivity index (χ4n) is 4.95. The molecule has 1 amide bonds. The Balaban J connectivity index is 1.41. The molecule has 0 radical (unpaired) electrons. The molecule has 2 aliphatic heterocycles.